The van der Waals surface area contributed by atoms with E-state index in [-0.39, 0.29) is 12.1 Å². The molecule has 2 amide bonds. The molecule has 164 valence electrons. The van der Waals surface area contributed by atoms with Crippen molar-refractivity contribution in [1.29, 1.82) is 0 Å². The number of carbonyl (C=O) groups excluding carboxylic acids is 1. The van der Waals surface area contributed by atoms with Crippen LogP contribution in [-0.4, -0.2) is 43.2 Å². The van der Waals surface area contributed by atoms with Crippen molar-refractivity contribution in [3.8, 4) is 0 Å². The highest BCUT2D eigenvalue weighted by atomic mass is 32.2. The molecule has 0 radical (unpaired) electrons. The third kappa shape index (κ3) is 4.84. The molecule has 0 atom stereocenters. The van der Waals surface area contributed by atoms with Crippen LogP contribution >= 0.6 is 0 Å². The number of rotatable bonds is 4. The number of piperidine rings is 1. The summed E-state index contributed by atoms with van der Waals surface area (Å²) in [6.07, 6.45) is 1.78. The Labute approximate surface area is 176 Å². The summed E-state index contributed by atoms with van der Waals surface area (Å²) < 4.78 is 31.9. The number of hydrogen-bond donors (Lipinski definition) is 2. The second-order valence-corrected chi connectivity index (χ2v) is 11.1. The van der Waals surface area contributed by atoms with Crippen molar-refractivity contribution in [2.24, 2.45) is 0 Å². The van der Waals surface area contributed by atoms with Gasteiger partial charge in [-0.05, 0) is 63.8 Å². The number of carbonyl (C=O) groups is 1. The molecule has 0 saturated carbocycles. The lowest BCUT2D eigenvalue weighted by Crippen LogP contribution is -2.50. The number of urea groups is 1. The van der Waals surface area contributed by atoms with E-state index < -0.39 is 20.4 Å². The number of nitrogens with one attached hydrogen (secondary N) is 2. The van der Waals surface area contributed by atoms with Crippen LogP contribution in [0.5, 0.6) is 0 Å². The number of fused-ring (bicyclic) bond motifs is 1. The first-order chi connectivity index (χ1) is 14.0. The van der Waals surface area contributed by atoms with E-state index in [1.54, 1.807) is 37.8 Å². The molecule has 3 rings (SSSR count). The zero-order chi connectivity index (χ0) is 22.1. The van der Waals surface area contributed by atoms with Gasteiger partial charge in [-0.25, -0.2) is 22.7 Å². The summed E-state index contributed by atoms with van der Waals surface area (Å²) in [5.74, 6) is 0. The van der Waals surface area contributed by atoms with Gasteiger partial charge in [-0.2, -0.15) is 0 Å². The summed E-state index contributed by atoms with van der Waals surface area (Å²) >= 11 is 0. The van der Waals surface area contributed by atoms with Gasteiger partial charge in [-0.3, -0.25) is 0 Å². The summed E-state index contributed by atoms with van der Waals surface area (Å²) in [5, 5.41) is 3.66. The zero-order valence-electron chi connectivity index (χ0n) is 17.8. The molecule has 30 heavy (non-hydrogen) atoms. The van der Waals surface area contributed by atoms with Crippen LogP contribution in [0.1, 0.15) is 46.1 Å². The van der Waals surface area contributed by atoms with Crippen LogP contribution in [0.15, 0.2) is 33.5 Å². The molecule has 1 saturated heterocycles. The van der Waals surface area contributed by atoms with Gasteiger partial charge in [0.2, 0.25) is 10.0 Å². The first-order valence-electron chi connectivity index (χ1n) is 10.1. The Morgan fingerprint density at radius 2 is 1.87 bits per heavy atom. The zero-order valence-corrected chi connectivity index (χ0v) is 18.6. The van der Waals surface area contributed by atoms with Crippen LogP contribution in [-0.2, 0) is 16.4 Å². The van der Waals surface area contributed by atoms with Crippen molar-refractivity contribution in [2.45, 2.75) is 57.7 Å². The van der Waals surface area contributed by atoms with Crippen LogP contribution < -0.4 is 15.7 Å². The maximum atomic E-state index is 12.7. The van der Waals surface area contributed by atoms with Crippen molar-refractivity contribution in [2.75, 3.05) is 18.4 Å². The fraction of sp³-hybridized carbons (Fsp3) is 0.524. The Hall–Kier alpha value is -2.39. The molecule has 0 bridgehead atoms. The summed E-state index contributed by atoms with van der Waals surface area (Å²) in [7, 11) is -3.42. The van der Waals surface area contributed by atoms with E-state index in [1.807, 2.05) is 13.0 Å². The molecule has 2 heterocycles. The Balaban J connectivity index is 1.65. The number of nitrogens with zero attached hydrogens (tertiary/aromatic N) is 1. The van der Waals surface area contributed by atoms with E-state index in [1.165, 1.54) is 6.07 Å². The van der Waals surface area contributed by atoms with Crippen molar-refractivity contribution in [3.05, 3.63) is 40.2 Å². The van der Waals surface area contributed by atoms with Gasteiger partial charge in [0.05, 0.1) is 4.75 Å². The summed E-state index contributed by atoms with van der Waals surface area (Å²) in [6.45, 7) is 7.88. The molecule has 0 aliphatic carbocycles. The molecule has 9 heteroatoms. The average Bonchev–Trinajstić information content (AvgIpc) is 2.67. The van der Waals surface area contributed by atoms with Gasteiger partial charge in [0.15, 0.2) is 0 Å². The van der Waals surface area contributed by atoms with Gasteiger partial charge in [0.1, 0.15) is 5.58 Å². The molecule has 1 aromatic carbocycles. The van der Waals surface area contributed by atoms with Crippen LogP contribution in [0.2, 0.25) is 0 Å². The predicted octanol–water partition coefficient (Wildman–Crippen LogP) is 3.07. The van der Waals surface area contributed by atoms with Gasteiger partial charge in [-0.15, -0.1) is 0 Å². The molecule has 1 aromatic heterocycles. The van der Waals surface area contributed by atoms with Gasteiger partial charge in [0, 0.05) is 36.3 Å². The van der Waals surface area contributed by atoms with Crippen LogP contribution in [0.3, 0.4) is 0 Å². The highest BCUT2D eigenvalue weighted by Crippen LogP contribution is 2.24. The summed E-state index contributed by atoms with van der Waals surface area (Å²) in [5.41, 5.74) is 1.61. The number of amides is 2. The Morgan fingerprint density at radius 3 is 2.47 bits per heavy atom. The average molecular weight is 436 g/mol. The molecular weight excluding hydrogens is 406 g/mol. The molecule has 1 aliphatic rings. The number of aryl methyl sites for hydroxylation is 1. The SMILES string of the molecule is CCc1cc(NC(=O)N2CCC(NS(=O)(=O)C(C)(C)C)CC2)cc2ccc(=O)oc12. The van der Waals surface area contributed by atoms with Crippen LogP contribution in [0.25, 0.3) is 11.0 Å². The van der Waals surface area contributed by atoms with Gasteiger partial charge in [-0.1, -0.05) is 6.92 Å². The second-order valence-electron chi connectivity index (χ2n) is 8.59. The summed E-state index contributed by atoms with van der Waals surface area (Å²) in [4.78, 5) is 25.9. The molecule has 1 aliphatic heterocycles. The molecular formula is C21H29N3O5S. The minimum Gasteiger partial charge on any atom is -0.422 e. The number of hydrogen-bond acceptors (Lipinski definition) is 5. The predicted molar refractivity (Wildman–Crippen MR) is 117 cm³/mol. The van der Waals surface area contributed by atoms with E-state index in [9.17, 15) is 18.0 Å². The normalized spacial score (nSPS) is 16.1. The van der Waals surface area contributed by atoms with Crippen molar-refractivity contribution >= 4 is 32.7 Å². The monoisotopic (exact) mass is 435 g/mol. The number of anilines is 1. The maximum Gasteiger partial charge on any atom is 0.336 e. The molecule has 8 nitrogen and oxygen atoms in total. The minimum absolute atomic E-state index is 0.173. The highest BCUT2D eigenvalue weighted by Gasteiger charge is 2.33. The van der Waals surface area contributed by atoms with Crippen LogP contribution in [0, 0.1) is 0 Å². The molecule has 1 fully saturated rings. The highest BCUT2D eigenvalue weighted by molar-refractivity contribution is 7.90. The van der Waals surface area contributed by atoms with Crippen molar-refractivity contribution in [1.82, 2.24) is 9.62 Å². The lowest BCUT2D eigenvalue weighted by atomic mass is 10.1. The van der Waals surface area contributed by atoms with Crippen molar-refractivity contribution < 1.29 is 17.6 Å². The molecule has 0 spiro atoms. The lowest BCUT2D eigenvalue weighted by Gasteiger charge is -2.33. The Bertz CT molecular complexity index is 1090. The van der Waals surface area contributed by atoms with Crippen molar-refractivity contribution in [3.63, 3.8) is 0 Å². The minimum atomic E-state index is -3.42. The number of benzene rings is 1. The number of likely N-dealkylation sites (tertiary alicyclic amines) is 1. The third-order valence-electron chi connectivity index (χ3n) is 5.34. The molecule has 2 N–H and O–H groups in total. The smallest absolute Gasteiger partial charge is 0.336 e. The van der Waals surface area contributed by atoms with E-state index in [4.69, 9.17) is 4.42 Å². The van der Waals surface area contributed by atoms with Gasteiger partial charge in [0.25, 0.3) is 0 Å². The summed E-state index contributed by atoms with van der Waals surface area (Å²) in [6, 6.07) is 6.23. The van der Waals surface area contributed by atoms with E-state index >= 15 is 0 Å². The molecule has 0 unspecified atom stereocenters. The lowest BCUT2D eigenvalue weighted by molar-refractivity contribution is 0.193. The first kappa shape index (κ1) is 22.3. The fourth-order valence-corrected chi connectivity index (χ4v) is 4.42. The standard InChI is InChI=1S/C21H29N3O5S/c1-5-14-12-17(13-15-6-7-18(25)29-19(14)15)22-20(26)24-10-8-16(9-11-24)23-30(27,28)21(2,3)4/h6-7,12-13,16,23H,5,8-11H2,1-4H3,(H,22,26). The van der Waals surface area contributed by atoms with Gasteiger partial charge < -0.3 is 14.6 Å². The van der Waals surface area contributed by atoms with Gasteiger partial charge >= 0.3 is 11.7 Å². The topological polar surface area (TPSA) is 109 Å². The largest absolute Gasteiger partial charge is 0.422 e. The first-order valence-corrected chi connectivity index (χ1v) is 11.6. The third-order valence-corrected chi connectivity index (χ3v) is 7.59. The quantitative estimate of drug-likeness (QED) is 0.718. The van der Waals surface area contributed by atoms with Crippen LogP contribution in [0.4, 0.5) is 10.5 Å². The second kappa shape index (κ2) is 8.39. The fourth-order valence-electron chi connectivity index (χ4n) is 3.39. The molecule has 2 aromatic rings. The number of sulfonamides is 1. The Morgan fingerprint density at radius 1 is 1.20 bits per heavy atom. The van der Waals surface area contributed by atoms with E-state index in [0.29, 0.717) is 43.6 Å². The maximum absolute atomic E-state index is 12.7. The van der Waals surface area contributed by atoms with E-state index in [0.717, 1.165) is 10.9 Å². The van der Waals surface area contributed by atoms with E-state index in [2.05, 4.69) is 10.0 Å². The Kier molecular flexibility index (Phi) is 6.24.